The van der Waals surface area contributed by atoms with Gasteiger partial charge in [0.05, 0.1) is 0 Å². The van der Waals surface area contributed by atoms with Gasteiger partial charge in [0.25, 0.3) is 0 Å². The summed E-state index contributed by atoms with van der Waals surface area (Å²) >= 11 is 4.10. The minimum Gasteiger partial charge on any atom is -0.151 e. The van der Waals surface area contributed by atoms with E-state index in [0.29, 0.717) is 0 Å². The van der Waals surface area contributed by atoms with Gasteiger partial charge in [0, 0.05) is 5.08 Å². The minimum absolute atomic E-state index is 1.21. The highest BCUT2D eigenvalue weighted by Gasteiger charge is 1.92. The highest BCUT2D eigenvalue weighted by atomic mass is 32.2. The first-order valence-electron chi connectivity index (χ1n) is 5.13. The van der Waals surface area contributed by atoms with Crippen molar-refractivity contribution in [3.05, 3.63) is 35.9 Å². The van der Waals surface area contributed by atoms with E-state index in [2.05, 4.69) is 60.8 Å². The Morgan fingerprint density at radius 3 is 2.43 bits per heavy atom. The van der Waals surface area contributed by atoms with Crippen LogP contribution in [0.25, 0.3) is 0 Å². The Kier molecular flexibility index (Phi) is 7.06. The number of benzene rings is 1. The van der Waals surface area contributed by atoms with Gasteiger partial charge in [0.15, 0.2) is 0 Å². The molecule has 1 aromatic rings. The zero-order chi connectivity index (χ0) is 10.1. The Labute approximate surface area is 95.9 Å². The second kappa shape index (κ2) is 8.25. The number of thioether (sulfide) groups is 2. The highest BCUT2D eigenvalue weighted by molar-refractivity contribution is 8.15. The molecule has 0 N–H and O–H groups in total. The van der Waals surface area contributed by atoms with Gasteiger partial charge in [-0.05, 0) is 29.9 Å². The fourth-order valence-electron chi connectivity index (χ4n) is 1.16. The first kappa shape index (κ1) is 12.0. The highest BCUT2D eigenvalue weighted by Crippen LogP contribution is 2.14. The van der Waals surface area contributed by atoms with Gasteiger partial charge >= 0.3 is 0 Å². The maximum absolute atomic E-state index is 2.24. The average Bonchev–Trinajstić information content (AvgIpc) is 2.25. The van der Waals surface area contributed by atoms with Crippen molar-refractivity contribution in [3.63, 3.8) is 0 Å². The van der Waals surface area contributed by atoms with Gasteiger partial charge in [-0.15, -0.1) is 0 Å². The Balaban J connectivity index is 1.99. The van der Waals surface area contributed by atoms with Crippen LogP contribution in [0, 0.1) is 0 Å². The van der Waals surface area contributed by atoms with Crippen LogP contribution in [0.2, 0.25) is 0 Å². The molecule has 78 valence electrons. The van der Waals surface area contributed by atoms with Crippen LogP contribution in [0.15, 0.2) is 30.3 Å². The van der Waals surface area contributed by atoms with Crippen LogP contribution in [0.3, 0.4) is 0 Å². The largest absolute Gasteiger partial charge is 0.151 e. The summed E-state index contributed by atoms with van der Waals surface area (Å²) in [6, 6.07) is 10.7. The molecule has 0 atom stereocenters. The van der Waals surface area contributed by atoms with Gasteiger partial charge in [-0.3, -0.25) is 0 Å². The van der Waals surface area contributed by atoms with Crippen molar-refractivity contribution in [2.24, 2.45) is 0 Å². The molecule has 0 nitrogen and oxygen atoms in total. The summed E-state index contributed by atoms with van der Waals surface area (Å²) in [4.78, 5) is 0. The third-order valence-electron chi connectivity index (χ3n) is 1.89. The summed E-state index contributed by atoms with van der Waals surface area (Å²) in [6.45, 7) is 2.24. The molecule has 0 aliphatic rings. The summed E-state index contributed by atoms with van der Waals surface area (Å²) in [5.41, 5.74) is 1.46. The van der Waals surface area contributed by atoms with Gasteiger partial charge in [-0.25, -0.2) is 0 Å². The van der Waals surface area contributed by atoms with Crippen molar-refractivity contribution in [1.29, 1.82) is 0 Å². The zero-order valence-electron chi connectivity index (χ0n) is 8.74. The molecule has 14 heavy (non-hydrogen) atoms. The molecular weight excluding hydrogens is 208 g/mol. The predicted molar refractivity (Wildman–Crippen MR) is 70.2 cm³/mol. The summed E-state index contributed by atoms with van der Waals surface area (Å²) in [5.74, 6) is 2.55. The van der Waals surface area contributed by atoms with Gasteiger partial charge in [0.2, 0.25) is 0 Å². The molecule has 0 bridgehead atoms. The molecule has 0 aromatic heterocycles. The molecule has 0 saturated heterocycles. The summed E-state index contributed by atoms with van der Waals surface area (Å²) < 4.78 is 0. The molecule has 1 rings (SSSR count). The normalized spacial score (nSPS) is 10.4. The molecule has 0 fully saturated rings. The molecule has 0 aliphatic heterocycles. The maximum Gasteiger partial charge on any atom is 0.0392 e. The minimum atomic E-state index is 1.21. The average molecular weight is 226 g/mol. The molecule has 0 saturated carbocycles. The maximum atomic E-state index is 2.24. The summed E-state index contributed by atoms with van der Waals surface area (Å²) in [5, 5.41) is 1.25. The van der Waals surface area contributed by atoms with Crippen molar-refractivity contribution >= 4 is 23.5 Å². The van der Waals surface area contributed by atoms with E-state index in [0.717, 1.165) is 0 Å². The lowest BCUT2D eigenvalue weighted by Gasteiger charge is -2.01. The van der Waals surface area contributed by atoms with Gasteiger partial charge in [-0.1, -0.05) is 37.3 Å². The van der Waals surface area contributed by atoms with Gasteiger partial charge in [-0.2, -0.15) is 23.5 Å². The lowest BCUT2D eigenvalue weighted by atomic mass is 10.2. The molecule has 0 spiro atoms. The fraction of sp³-hybridized carbons (Fsp3) is 0.500. The van der Waals surface area contributed by atoms with Crippen LogP contribution in [-0.4, -0.2) is 16.6 Å². The number of rotatable bonds is 7. The topological polar surface area (TPSA) is 0 Å². The van der Waals surface area contributed by atoms with Crippen molar-refractivity contribution < 1.29 is 0 Å². The molecule has 2 heteroatoms. The van der Waals surface area contributed by atoms with Crippen LogP contribution in [0.1, 0.15) is 18.9 Å². The Hall–Kier alpha value is -0.0800. The lowest BCUT2D eigenvalue weighted by molar-refractivity contribution is 1.11. The van der Waals surface area contributed by atoms with E-state index >= 15 is 0 Å². The molecule has 0 radical (unpaired) electrons. The Morgan fingerprint density at radius 1 is 1.00 bits per heavy atom. The van der Waals surface area contributed by atoms with Crippen LogP contribution in [-0.2, 0) is 6.42 Å². The Morgan fingerprint density at radius 2 is 1.71 bits per heavy atom. The van der Waals surface area contributed by atoms with E-state index in [1.54, 1.807) is 0 Å². The van der Waals surface area contributed by atoms with E-state index in [4.69, 9.17) is 0 Å². The molecule has 0 unspecified atom stereocenters. The van der Waals surface area contributed by atoms with Crippen molar-refractivity contribution in [2.75, 3.05) is 16.6 Å². The second-order valence-electron chi connectivity index (χ2n) is 3.17. The zero-order valence-corrected chi connectivity index (χ0v) is 10.4. The van der Waals surface area contributed by atoms with Crippen LogP contribution >= 0.6 is 23.5 Å². The monoisotopic (exact) mass is 226 g/mol. The predicted octanol–water partition coefficient (Wildman–Crippen LogP) is 4.06. The SMILES string of the molecule is CCCSCSCCc1ccccc1. The standard InChI is InChI=1S/C12H18S2/c1-2-9-13-11-14-10-8-12-6-4-3-5-7-12/h3-7H,2,8-11H2,1H3. The van der Waals surface area contributed by atoms with E-state index in [9.17, 15) is 0 Å². The van der Waals surface area contributed by atoms with E-state index in [1.165, 1.54) is 35.0 Å². The van der Waals surface area contributed by atoms with Crippen LogP contribution in [0.5, 0.6) is 0 Å². The summed E-state index contributed by atoms with van der Waals surface area (Å²) in [7, 11) is 0. The van der Waals surface area contributed by atoms with E-state index in [1.807, 2.05) is 0 Å². The van der Waals surface area contributed by atoms with E-state index in [-0.39, 0.29) is 0 Å². The molecule has 0 aliphatic carbocycles. The molecule has 1 aromatic carbocycles. The van der Waals surface area contributed by atoms with Crippen molar-refractivity contribution in [1.82, 2.24) is 0 Å². The molecule has 0 amide bonds. The number of hydrogen-bond acceptors (Lipinski definition) is 2. The van der Waals surface area contributed by atoms with E-state index < -0.39 is 0 Å². The third kappa shape index (κ3) is 5.61. The molecule has 0 heterocycles. The summed E-state index contributed by atoms with van der Waals surface area (Å²) in [6.07, 6.45) is 2.50. The quantitative estimate of drug-likeness (QED) is 0.508. The smallest absolute Gasteiger partial charge is 0.0392 e. The van der Waals surface area contributed by atoms with Crippen LogP contribution in [0.4, 0.5) is 0 Å². The van der Waals surface area contributed by atoms with Crippen molar-refractivity contribution in [3.8, 4) is 0 Å². The number of aryl methyl sites for hydroxylation is 1. The van der Waals surface area contributed by atoms with Crippen molar-refractivity contribution in [2.45, 2.75) is 19.8 Å². The molecular formula is C12H18S2. The second-order valence-corrected chi connectivity index (χ2v) is 5.75. The third-order valence-corrected chi connectivity index (χ3v) is 4.42. The van der Waals surface area contributed by atoms with Gasteiger partial charge in [0.1, 0.15) is 0 Å². The van der Waals surface area contributed by atoms with Gasteiger partial charge < -0.3 is 0 Å². The first-order valence-corrected chi connectivity index (χ1v) is 7.44. The fourth-order valence-corrected chi connectivity index (χ4v) is 3.24. The lowest BCUT2D eigenvalue weighted by Crippen LogP contribution is -1.88. The Bertz CT molecular complexity index is 221. The van der Waals surface area contributed by atoms with Crippen LogP contribution < -0.4 is 0 Å². The number of hydrogen-bond donors (Lipinski definition) is 0. The first-order chi connectivity index (χ1) is 6.93.